The van der Waals surface area contributed by atoms with Crippen LogP contribution in [0.2, 0.25) is 0 Å². The molecular weight excluding hydrogens is 294 g/mol. The Morgan fingerprint density at radius 1 is 1.29 bits per heavy atom. The first-order valence-electron chi connectivity index (χ1n) is 6.37. The first-order valence-corrected chi connectivity index (χ1v) is 6.37. The third kappa shape index (κ3) is 6.35. The van der Waals surface area contributed by atoms with E-state index in [0.717, 1.165) is 0 Å². The van der Waals surface area contributed by atoms with E-state index in [1.54, 1.807) is 39.4 Å². The van der Waals surface area contributed by atoms with Crippen molar-refractivity contribution >= 4 is 35.6 Å². The molecule has 0 bridgehead atoms. The van der Waals surface area contributed by atoms with Crippen molar-refractivity contribution in [2.24, 2.45) is 0 Å². The number of ether oxygens (including phenoxy) is 1. The van der Waals surface area contributed by atoms with Gasteiger partial charge < -0.3 is 20.7 Å². The molecule has 0 saturated carbocycles. The van der Waals surface area contributed by atoms with Crippen LogP contribution in [0.15, 0.2) is 18.2 Å². The highest BCUT2D eigenvalue weighted by atomic mass is 35.5. The SMILES string of the molecule is COc1ccc(N)c(NC(=O)CCCC(=O)N(C)C)c1.Cl. The van der Waals surface area contributed by atoms with E-state index >= 15 is 0 Å². The van der Waals surface area contributed by atoms with Crippen LogP contribution in [-0.4, -0.2) is 37.9 Å². The van der Waals surface area contributed by atoms with Crippen molar-refractivity contribution in [1.82, 2.24) is 4.90 Å². The number of methoxy groups -OCH3 is 1. The molecule has 0 heterocycles. The second-order valence-electron chi connectivity index (χ2n) is 4.64. The Morgan fingerprint density at radius 2 is 1.95 bits per heavy atom. The topological polar surface area (TPSA) is 84.7 Å². The molecule has 0 saturated heterocycles. The van der Waals surface area contributed by atoms with E-state index in [1.807, 2.05) is 0 Å². The zero-order valence-corrected chi connectivity index (χ0v) is 13.3. The molecule has 6 nitrogen and oxygen atoms in total. The van der Waals surface area contributed by atoms with Crippen LogP contribution < -0.4 is 15.8 Å². The maximum Gasteiger partial charge on any atom is 0.224 e. The average molecular weight is 316 g/mol. The molecule has 7 heteroatoms. The van der Waals surface area contributed by atoms with Crippen LogP contribution in [0.1, 0.15) is 19.3 Å². The summed E-state index contributed by atoms with van der Waals surface area (Å²) in [5.74, 6) is 0.465. The van der Waals surface area contributed by atoms with Crippen molar-refractivity contribution in [3.8, 4) is 5.75 Å². The van der Waals surface area contributed by atoms with Gasteiger partial charge in [0.15, 0.2) is 0 Å². The van der Waals surface area contributed by atoms with Gasteiger partial charge >= 0.3 is 0 Å². The fourth-order valence-electron chi connectivity index (χ4n) is 1.61. The molecule has 0 spiro atoms. The maximum atomic E-state index is 11.8. The van der Waals surface area contributed by atoms with Crippen LogP contribution >= 0.6 is 12.4 Å². The molecule has 0 aliphatic carbocycles. The summed E-state index contributed by atoms with van der Waals surface area (Å²) in [6, 6.07) is 5.06. The largest absolute Gasteiger partial charge is 0.497 e. The minimum atomic E-state index is -0.170. The minimum absolute atomic E-state index is 0. The Hall–Kier alpha value is -1.95. The van der Waals surface area contributed by atoms with Crippen LogP contribution in [0, 0.1) is 0 Å². The molecular formula is C14H22ClN3O3. The van der Waals surface area contributed by atoms with Gasteiger partial charge in [-0.25, -0.2) is 0 Å². The fraction of sp³-hybridized carbons (Fsp3) is 0.429. The van der Waals surface area contributed by atoms with E-state index in [0.29, 0.717) is 30.0 Å². The normalized spacial score (nSPS) is 9.48. The first kappa shape index (κ1) is 19.1. The fourth-order valence-corrected chi connectivity index (χ4v) is 1.61. The summed E-state index contributed by atoms with van der Waals surface area (Å²) in [5.41, 5.74) is 6.78. The summed E-state index contributed by atoms with van der Waals surface area (Å²) in [7, 11) is 4.93. The van der Waals surface area contributed by atoms with Gasteiger partial charge in [-0.05, 0) is 18.6 Å². The van der Waals surface area contributed by atoms with E-state index < -0.39 is 0 Å². The lowest BCUT2D eigenvalue weighted by molar-refractivity contribution is -0.128. The third-order valence-corrected chi connectivity index (χ3v) is 2.83. The van der Waals surface area contributed by atoms with E-state index in [1.165, 1.54) is 4.90 Å². The Kier molecular flexibility index (Phi) is 8.23. The molecule has 21 heavy (non-hydrogen) atoms. The van der Waals surface area contributed by atoms with Gasteiger partial charge in [0.05, 0.1) is 18.5 Å². The number of nitrogens with one attached hydrogen (secondary N) is 1. The number of carbonyl (C=O) groups is 2. The second kappa shape index (κ2) is 9.07. The Balaban J connectivity index is 0.00000400. The molecule has 0 aliphatic heterocycles. The third-order valence-electron chi connectivity index (χ3n) is 2.83. The summed E-state index contributed by atoms with van der Waals surface area (Å²) in [4.78, 5) is 24.7. The molecule has 0 atom stereocenters. The summed E-state index contributed by atoms with van der Waals surface area (Å²) in [6.45, 7) is 0. The van der Waals surface area contributed by atoms with Crippen LogP contribution in [-0.2, 0) is 9.59 Å². The average Bonchev–Trinajstić information content (AvgIpc) is 2.41. The number of rotatable bonds is 6. The number of nitrogens with zero attached hydrogens (tertiary/aromatic N) is 1. The van der Waals surface area contributed by atoms with Crippen LogP contribution in [0.4, 0.5) is 11.4 Å². The predicted molar refractivity (Wildman–Crippen MR) is 85.8 cm³/mol. The van der Waals surface area contributed by atoms with Crippen LogP contribution in [0.5, 0.6) is 5.75 Å². The highest BCUT2D eigenvalue weighted by molar-refractivity contribution is 5.94. The number of nitrogen functional groups attached to an aromatic ring is 1. The predicted octanol–water partition coefficient (Wildman–Crippen LogP) is 1.90. The van der Waals surface area contributed by atoms with E-state index in [-0.39, 0.29) is 30.6 Å². The lowest BCUT2D eigenvalue weighted by atomic mass is 10.2. The molecule has 1 aromatic carbocycles. The zero-order chi connectivity index (χ0) is 15.1. The number of halogens is 1. The molecule has 118 valence electrons. The van der Waals surface area contributed by atoms with Gasteiger partial charge in [-0.3, -0.25) is 9.59 Å². The van der Waals surface area contributed by atoms with Gasteiger partial charge in [0.25, 0.3) is 0 Å². The van der Waals surface area contributed by atoms with Crippen molar-refractivity contribution in [2.45, 2.75) is 19.3 Å². The van der Waals surface area contributed by atoms with E-state index in [9.17, 15) is 9.59 Å². The van der Waals surface area contributed by atoms with Crippen molar-refractivity contribution in [1.29, 1.82) is 0 Å². The quantitative estimate of drug-likeness (QED) is 0.785. The number of hydrogen-bond donors (Lipinski definition) is 2. The number of hydrogen-bond acceptors (Lipinski definition) is 4. The Bertz CT molecular complexity index is 492. The van der Waals surface area contributed by atoms with E-state index in [4.69, 9.17) is 10.5 Å². The smallest absolute Gasteiger partial charge is 0.224 e. The van der Waals surface area contributed by atoms with Crippen molar-refractivity contribution in [2.75, 3.05) is 32.3 Å². The molecule has 1 rings (SSSR count). The van der Waals surface area contributed by atoms with Crippen LogP contribution in [0.3, 0.4) is 0 Å². The van der Waals surface area contributed by atoms with Gasteiger partial charge in [0.2, 0.25) is 11.8 Å². The highest BCUT2D eigenvalue weighted by Gasteiger charge is 2.09. The van der Waals surface area contributed by atoms with Crippen LogP contribution in [0.25, 0.3) is 0 Å². The molecule has 1 aromatic rings. The van der Waals surface area contributed by atoms with Crippen molar-refractivity contribution in [3.05, 3.63) is 18.2 Å². The number of nitrogens with two attached hydrogens (primary N) is 1. The monoisotopic (exact) mass is 315 g/mol. The molecule has 2 amide bonds. The molecule has 0 fully saturated rings. The first-order chi connectivity index (χ1) is 9.43. The molecule has 0 radical (unpaired) electrons. The van der Waals surface area contributed by atoms with Crippen molar-refractivity contribution < 1.29 is 14.3 Å². The van der Waals surface area contributed by atoms with Gasteiger partial charge in [-0.15, -0.1) is 12.4 Å². The van der Waals surface area contributed by atoms with Gasteiger partial charge in [-0.2, -0.15) is 0 Å². The van der Waals surface area contributed by atoms with Gasteiger partial charge in [0.1, 0.15) is 5.75 Å². The lowest BCUT2D eigenvalue weighted by Gasteiger charge is -2.11. The zero-order valence-electron chi connectivity index (χ0n) is 12.5. The number of amides is 2. The molecule has 0 aliphatic rings. The standard InChI is InChI=1S/C14H21N3O3.ClH/c1-17(2)14(19)6-4-5-13(18)16-12-9-10(20-3)7-8-11(12)15;/h7-9H,4-6,15H2,1-3H3,(H,16,18);1H. The molecule has 3 N–H and O–H groups in total. The minimum Gasteiger partial charge on any atom is -0.497 e. The van der Waals surface area contributed by atoms with Gasteiger partial charge in [0, 0.05) is 33.0 Å². The number of anilines is 2. The lowest BCUT2D eigenvalue weighted by Crippen LogP contribution is -2.22. The Morgan fingerprint density at radius 3 is 2.52 bits per heavy atom. The summed E-state index contributed by atoms with van der Waals surface area (Å²) in [6.07, 6.45) is 1.14. The maximum absolute atomic E-state index is 11.8. The number of carbonyl (C=O) groups excluding carboxylic acids is 2. The van der Waals surface area contributed by atoms with E-state index in [2.05, 4.69) is 5.32 Å². The summed E-state index contributed by atoms with van der Waals surface area (Å²) in [5, 5.41) is 2.72. The molecule has 0 aromatic heterocycles. The molecule has 0 unspecified atom stereocenters. The van der Waals surface area contributed by atoms with Crippen molar-refractivity contribution in [3.63, 3.8) is 0 Å². The summed E-state index contributed by atoms with van der Waals surface area (Å²) < 4.78 is 5.07. The summed E-state index contributed by atoms with van der Waals surface area (Å²) >= 11 is 0. The highest BCUT2D eigenvalue weighted by Crippen LogP contribution is 2.24. The Labute approximate surface area is 131 Å². The van der Waals surface area contributed by atoms with Gasteiger partial charge in [-0.1, -0.05) is 0 Å². The second-order valence-corrected chi connectivity index (χ2v) is 4.64. The number of benzene rings is 1.